The Kier molecular flexibility index (Phi) is 4.14. The number of ether oxygens (including phenoxy) is 1. The van der Waals surface area contributed by atoms with Crippen molar-refractivity contribution in [3.8, 4) is 5.75 Å². The van der Waals surface area contributed by atoms with Crippen molar-refractivity contribution in [2.24, 2.45) is 0 Å². The number of carbonyl (C=O) groups excluding carboxylic acids is 1. The van der Waals surface area contributed by atoms with Gasteiger partial charge in [0.05, 0.1) is 18.7 Å². The molecule has 0 spiro atoms. The highest BCUT2D eigenvalue weighted by Gasteiger charge is 2.31. The summed E-state index contributed by atoms with van der Waals surface area (Å²) < 4.78 is 5.34. The average Bonchev–Trinajstić information content (AvgIpc) is 3.03. The largest absolute Gasteiger partial charge is 0.496 e. The van der Waals surface area contributed by atoms with Gasteiger partial charge in [0.2, 0.25) is 0 Å². The number of carbonyl (C=O) groups is 1. The third-order valence-corrected chi connectivity index (χ3v) is 4.28. The molecule has 1 unspecified atom stereocenters. The van der Waals surface area contributed by atoms with Crippen LogP contribution in [0, 0.1) is 6.92 Å². The summed E-state index contributed by atoms with van der Waals surface area (Å²) in [6, 6.07) is 16.1. The Balaban J connectivity index is 1.91. The predicted octanol–water partition coefficient (Wildman–Crippen LogP) is 3.98. The zero-order chi connectivity index (χ0) is 15.5. The monoisotopic (exact) mass is 295 g/mol. The molecule has 2 aromatic carbocycles. The average molecular weight is 295 g/mol. The van der Waals surface area contributed by atoms with Gasteiger partial charge in [-0.2, -0.15) is 0 Å². The van der Waals surface area contributed by atoms with Gasteiger partial charge in [0, 0.05) is 6.54 Å². The van der Waals surface area contributed by atoms with E-state index in [1.54, 1.807) is 7.11 Å². The standard InChI is InChI=1S/C19H21NO2/c1-14-7-5-8-15(13-14)17-10-6-12-20(17)19(21)16-9-3-4-11-18(16)22-2/h3-5,7-9,11,13,17H,6,10,12H2,1-2H3. The molecule has 22 heavy (non-hydrogen) atoms. The molecular formula is C19H21NO2. The molecule has 0 aliphatic carbocycles. The maximum Gasteiger partial charge on any atom is 0.258 e. The third-order valence-electron chi connectivity index (χ3n) is 4.28. The number of aryl methyl sites for hydroxylation is 1. The van der Waals surface area contributed by atoms with Gasteiger partial charge >= 0.3 is 0 Å². The molecule has 3 heteroatoms. The van der Waals surface area contributed by atoms with Crippen LogP contribution in [0.4, 0.5) is 0 Å². The molecule has 1 atom stereocenters. The molecule has 1 fully saturated rings. The van der Waals surface area contributed by atoms with E-state index in [9.17, 15) is 4.79 Å². The fraction of sp³-hybridized carbons (Fsp3) is 0.316. The van der Waals surface area contributed by atoms with Crippen molar-refractivity contribution in [3.05, 3.63) is 65.2 Å². The normalized spacial score (nSPS) is 17.5. The van der Waals surface area contributed by atoms with Crippen LogP contribution in [0.3, 0.4) is 0 Å². The molecule has 1 aliphatic rings. The molecule has 1 amide bonds. The summed E-state index contributed by atoms with van der Waals surface area (Å²) in [4.78, 5) is 14.9. The van der Waals surface area contributed by atoms with Crippen LogP contribution in [0.1, 0.15) is 40.4 Å². The number of hydrogen-bond acceptors (Lipinski definition) is 2. The first-order valence-corrected chi connectivity index (χ1v) is 7.71. The quantitative estimate of drug-likeness (QED) is 0.857. The Labute approximate surface area is 131 Å². The van der Waals surface area contributed by atoms with Crippen LogP contribution in [0.5, 0.6) is 5.75 Å². The molecule has 0 bridgehead atoms. The fourth-order valence-electron chi connectivity index (χ4n) is 3.21. The number of amides is 1. The van der Waals surface area contributed by atoms with Crippen molar-refractivity contribution >= 4 is 5.91 Å². The van der Waals surface area contributed by atoms with E-state index in [4.69, 9.17) is 4.74 Å². The fourth-order valence-corrected chi connectivity index (χ4v) is 3.21. The van der Waals surface area contributed by atoms with Crippen LogP contribution in [0.15, 0.2) is 48.5 Å². The lowest BCUT2D eigenvalue weighted by atomic mass is 10.0. The molecule has 3 rings (SSSR count). The second-order valence-electron chi connectivity index (χ2n) is 5.77. The molecule has 1 heterocycles. The smallest absolute Gasteiger partial charge is 0.258 e. The second-order valence-corrected chi connectivity index (χ2v) is 5.77. The zero-order valence-electron chi connectivity index (χ0n) is 13.1. The summed E-state index contributed by atoms with van der Waals surface area (Å²) >= 11 is 0. The summed E-state index contributed by atoms with van der Waals surface area (Å²) in [6.07, 6.45) is 2.06. The minimum Gasteiger partial charge on any atom is -0.496 e. The maximum atomic E-state index is 12.9. The lowest BCUT2D eigenvalue weighted by molar-refractivity contribution is 0.0732. The van der Waals surface area contributed by atoms with E-state index in [0.717, 1.165) is 19.4 Å². The first-order valence-electron chi connectivity index (χ1n) is 7.71. The van der Waals surface area contributed by atoms with Crippen molar-refractivity contribution in [2.75, 3.05) is 13.7 Å². The molecular weight excluding hydrogens is 274 g/mol. The number of rotatable bonds is 3. The van der Waals surface area contributed by atoms with E-state index in [1.807, 2.05) is 29.2 Å². The van der Waals surface area contributed by atoms with Gasteiger partial charge < -0.3 is 9.64 Å². The first kappa shape index (κ1) is 14.6. The van der Waals surface area contributed by atoms with Crippen molar-refractivity contribution in [2.45, 2.75) is 25.8 Å². The molecule has 0 N–H and O–H groups in total. The van der Waals surface area contributed by atoms with Crippen molar-refractivity contribution in [1.29, 1.82) is 0 Å². The summed E-state index contributed by atoms with van der Waals surface area (Å²) in [6.45, 7) is 2.89. The molecule has 3 nitrogen and oxygen atoms in total. The maximum absolute atomic E-state index is 12.9. The van der Waals surface area contributed by atoms with Crippen LogP contribution >= 0.6 is 0 Å². The molecule has 0 aromatic heterocycles. The Hall–Kier alpha value is -2.29. The van der Waals surface area contributed by atoms with Gasteiger partial charge in [-0.3, -0.25) is 4.79 Å². The highest BCUT2D eigenvalue weighted by atomic mass is 16.5. The van der Waals surface area contributed by atoms with E-state index in [2.05, 4.69) is 31.2 Å². The van der Waals surface area contributed by atoms with E-state index in [-0.39, 0.29) is 11.9 Å². The van der Waals surface area contributed by atoms with Gasteiger partial charge in [0.15, 0.2) is 0 Å². The number of para-hydroxylation sites is 1. The molecule has 0 radical (unpaired) electrons. The van der Waals surface area contributed by atoms with Crippen LogP contribution in [-0.2, 0) is 0 Å². The van der Waals surface area contributed by atoms with Crippen molar-refractivity contribution < 1.29 is 9.53 Å². The minimum atomic E-state index is 0.0569. The van der Waals surface area contributed by atoms with Gasteiger partial charge in [-0.25, -0.2) is 0 Å². The van der Waals surface area contributed by atoms with E-state index < -0.39 is 0 Å². The van der Waals surface area contributed by atoms with Gasteiger partial charge in [0.1, 0.15) is 5.75 Å². The molecule has 0 saturated carbocycles. The first-order chi connectivity index (χ1) is 10.7. The lowest BCUT2D eigenvalue weighted by Gasteiger charge is -2.26. The predicted molar refractivity (Wildman–Crippen MR) is 87.2 cm³/mol. The third kappa shape index (κ3) is 2.71. The number of benzene rings is 2. The van der Waals surface area contributed by atoms with Crippen LogP contribution in [-0.4, -0.2) is 24.5 Å². The zero-order valence-corrected chi connectivity index (χ0v) is 13.1. The summed E-state index contributed by atoms with van der Waals surface area (Å²) in [5, 5.41) is 0. The highest BCUT2D eigenvalue weighted by molar-refractivity contribution is 5.97. The summed E-state index contributed by atoms with van der Waals surface area (Å²) in [7, 11) is 1.61. The molecule has 114 valence electrons. The number of nitrogens with zero attached hydrogens (tertiary/aromatic N) is 1. The number of hydrogen-bond donors (Lipinski definition) is 0. The Morgan fingerprint density at radius 1 is 1.18 bits per heavy atom. The van der Waals surface area contributed by atoms with E-state index in [1.165, 1.54) is 11.1 Å². The number of methoxy groups -OCH3 is 1. The number of likely N-dealkylation sites (tertiary alicyclic amines) is 1. The molecule has 1 saturated heterocycles. The lowest BCUT2D eigenvalue weighted by Crippen LogP contribution is -2.30. The van der Waals surface area contributed by atoms with Crippen molar-refractivity contribution in [1.82, 2.24) is 4.90 Å². The van der Waals surface area contributed by atoms with Gasteiger partial charge in [-0.1, -0.05) is 42.0 Å². The molecule has 2 aromatic rings. The SMILES string of the molecule is COc1ccccc1C(=O)N1CCCC1c1cccc(C)c1. The minimum absolute atomic E-state index is 0.0569. The van der Waals surface area contributed by atoms with Gasteiger partial charge in [-0.15, -0.1) is 0 Å². The van der Waals surface area contributed by atoms with Crippen LogP contribution in [0.25, 0.3) is 0 Å². The van der Waals surface area contributed by atoms with Crippen LogP contribution in [0.2, 0.25) is 0 Å². The second kappa shape index (κ2) is 6.22. The summed E-state index contributed by atoms with van der Waals surface area (Å²) in [5.41, 5.74) is 3.10. The Morgan fingerprint density at radius 3 is 2.77 bits per heavy atom. The van der Waals surface area contributed by atoms with Gasteiger partial charge in [0.25, 0.3) is 5.91 Å². The van der Waals surface area contributed by atoms with Crippen molar-refractivity contribution in [3.63, 3.8) is 0 Å². The van der Waals surface area contributed by atoms with Crippen LogP contribution < -0.4 is 4.74 Å². The van der Waals surface area contributed by atoms with Gasteiger partial charge in [-0.05, 0) is 37.5 Å². The Morgan fingerprint density at radius 2 is 2.00 bits per heavy atom. The topological polar surface area (TPSA) is 29.5 Å². The Bertz CT molecular complexity index is 681. The summed E-state index contributed by atoms with van der Waals surface area (Å²) in [5.74, 6) is 0.698. The van der Waals surface area contributed by atoms with E-state index in [0.29, 0.717) is 11.3 Å². The van der Waals surface area contributed by atoms with E-state index >= 15 is 0 Å². The highest BCUT2D eigenvalue weighted by Crippen LogP contribution is 2.34. The molecule has 1 aliphatic heterocycles.